The van der Waals surface area contributed by atoms with E-state index >= 15 is 0 Å². The zero-order chi connectivity index (χ0) is 14.0. The number of nitrogens with zero attached hydrogens (tertiary/aromatic N) is 1. The fraction of sp³-hybridized carbons (Fsp3) is 0.421. The summed E-state index contributed by atoms with van der Waals surface area (Å²) in [5, 5.41) is 0. The van der Waals surface area contributed by atoms with Crippen LogP contribution in [-0.4, -0.2) is 0 Å². The van der Waals surface area contributed by atoms with Crippen molar-refractivity contribution in [1.82, 2.24) is 0 Å². The standard InChI is InChI=1S/C19H26N/c1-2-3-4-5-6-8-11-18-14-16-20(17-15-18)19-12-9-7-10-13-19/h7,9-10,12-17H,2-6,8,11H2,1H3/q+1. The van der Waals surface area contributed by atoms with Gasteiger partial charge in [0.2, 0.25) is 5.69 Å². The fourth-order valence-electron chi connectivity index (χ4n) is 2.51. The quantitative estimate of drug-likeness (QED) is 0.475. The SMILES string of the molecule is CCCCCCCCc1cc[n+](-c2ccccc2)cc1. The van der Waals surface area contributed by atoms with E-state index in [1.807, 2.05) is 0 Å². The molecule has 0 N–H and O–H groups in total. The second kappa shape index (κ2) is 8.52. The number of para-hydroxylation sites is 1. The summed E-state index contributed by atoms with van der Waals surface area (Å²) in [6.07, 6.45) is 13.8. The summed E-state index contributed by atoms with van der Waals surface area (Å²) in [6.45, 7) is 2.27. The number of hydrogen-bond acceptors (Lipinski definition) is 0. The Kier molecular flexibility index (Phi) is 6.30. The Morgan fingerprint density at radius 2 is 1.40 bits per heavy atom. The Labute approximate surface area is 123 Å². The average Bonchev–Trinajstić information content (AvgIpc) is 2.52. The molecule has 1 aromatic heterocycles. The molecule has 0 bridgehead atoms. The van der Waals surface area contributed by atoms with E-state index in [2.05, 4.69) is 66.3 Å². The molecule has 2 aromatic rings. The molecule has 0 radical (unpaired) electrons. The zero-order valence-electron chi connectivity index (χ0n) is 12.6. The largest absolute Gasteiger partial charge is 0.210 e. The zero-order valence-corrected chi connectivity index (χ0v) is 12.6. The summed E-state index contributed by atoms with van der Waals surface area (Å²) in [7, 11) is 0. The van der Waals surface area contributed by atoms with Crippen molar-refractivity contribution >= 4 is 0 Å². The monoisotopic (exact) mass is 268 g/mol. The maximum atomic E-state index is 2.27. The van der Waals surface area contributed by atoms with E-state index in [0.29, 0.717) is 0 Å². The van der Waals surface area contributed by atoms with Gasteiger partial charge in [-0.15, -0.1) is 0 Å². The minimum atomic E-state index is 1.21. The van der Waals surface area contributed by atoms with Crippen LogP contribution in [0.2, 0.25) is 0 Å². The van der Waals surface area contributed by atoms with Crippen LogP contribution >= 0.6 is 0 Å². The van der Waals surface area contributed by atoms with Crippen molar-refractivity contribution in [2.45, 2.75) is 51.9 Å². The van der Waals surface area contributed by atoms with Crippen molar-refractivity contribution in [1.29, 1.82) is 0 Å². The van der Waals surface area contributed by atoms with Crippen LogP contribution in [0.15, 0.2) is 54.9 Å². The Morgan fingerprint density at radius 1 is 0.750 bits per heavy atom. The van der Waals surface area contributed by atoms with E-state index in [-0.39, 0.29) is 0 Å². The number of aromatic nitrogens is 1. The second-order valence-corrected chi connectivity index (χ2v) is 5.47. The van der Waals surface area contributed by atoms with Crippen LogP contribution in [0.3, 0.4) is 0 Å². The topological polar surface area (TPSA) is 3.88 Å². The van der Waals surface area contributed by atoms with Crippen molar-refractivity contribution < 1.29 is 4.57 Å². The molecule has 0 saturated heterocycles. The number of unbranched alkanes of at least 4 members (excludes halogenated alkanes) is 5. The van der Waals surface area contributed by atoms with Crippen molar-refractivity contribution in [3.63, 3.8) is 0 Å². The maximum Gasteiger partial charge on any atom is 0.210 e. The minimum Gasteiger partial charge on any atom is -0.167 e. The first-order chi connectivity index (χ1) is 9.90. The molecule has 0 atom stereocenters. The van der Waals surface area contributed by atoms with E-state index in [1.54, 1.807) is 0 Å². The highest BCUT2D eigenvalue weighted by atomic mass is 14.9. The first-order valence-corrected chi connectivity index (χ1v) is 7.96. The summed E-state index contributed by atoms with van der Waals surface area (Å²) < 4.78 is 2.17. The first-order valence-electron chi connectivity index (χ1n) is 7.96. The third-order valence-corrected chi connectivity index (χ3v) is 3.77. The van der Waals surface area contributed by atoms with Crippen LogP contribution in [0, 0.1) is 0 Å². The smallest absolute Gasteiger partial charge is 0.167 e. The van der Waals surface area contributed by atoms with Crippen LogP contribution in [0.25, 0.3) is 5.69 Å². The normalized spacial score (nSPS) is 10.7. The van der Waals surface area contributed by atoms with Crippen molar-refractivity contribution in [2.75, 3.05) is 0 Å². The number of aryl methyl sites for hydroxylation is 1. The van der Waals surface area contributed by atoms with Gasteiger partial charge >= 0.3 is 0 Å². The summed E-state index contributed by atoms with van der Waals surface area (Å²) in [6, 6.07) is 15.0. The molecule has 0 aliphatic carbocycles. The van der Waals surface area contributed by atoms with Gasteiger partial charge in [-0.05, 0) is 18.4 Å². The molecule has 1 heterocycles. The van der Waals surface area contributed by atoms with Gasteiger partial charge in [0, 0.05) is 24.3 Å². The van der Waals surface area contributed by atoms with Gasteiger partial charge in [0.15, 0.2) is 12.4 Å². The van der Waals surface area contributed by atoms with Gasteiger partial charge in [-0.2, -0.15) is 4.57 Å². The van der Waals surface area contributed by atoms with Crippen LogP contribution in [0.5, 0.6) is 0 Å². The van der Waals surface area contributed by atoms with Gasteiger partial charge in [-0.3, -0.25) is 0 Å². The summed E-state index contributed by atoms with van der Waals surface area (Å²) >= 11 is 0. The predicted molar refractivity (Wildman–Crippen MR) is 85.1 cm³/mol. The highest BCUT2D eigenvalue weighted by Gasteiger charge is 2.03. The molecule has 20 heavy (non-hydrogen) atoms. The molecular formula is C19H26N+. The minimum absolute atomic E-state index is 1.21. The van der Waals surface area contributed by atoms with Gasteiger partial charge in [0.1, 0.15) is 0 Å². The maximum absolute atomic E-state index is 2.27. The lowest BCUT2D eigenvalue weighted by Crippen LogP contribution is -2.29. The Morgan fingerprint density at radius 3 is 2.10 bits per heavy atom. The number of rotatable bonds is 8. The molecule has 1 heteroatoms. The third kappa shape index (κ3) is 4.80. The molecule has 0 spiro atoms. The van der Waals surface area contributed by atoms with Crippen molar-refractivity contribution in [3.05, 3.63) is 60.4 Å². The molecule has 0 aliphatic rings. The number of benzene rings is 1. The first kappa shape index (κ1) is 14.8. The van der Waals surface area contributed by atoms with Gasteiger partial charge in [0.25, 0.3) is 0 Å². The van der Waals surface area contributed by atoms with E-state index < -0.39 is 0 Å². The van der Waals surface area contributed by atoms with Gasteiger partial charge in [0.05, 0.1) is 0 Å². The molecule has 0 unspecified atom stereocenters. The highest BCUT2D eigenvalue weighted by molar-refractivity contribution is 5.21. The molecule has 0 saturated carbocycles. The lowest BCUT2D eigenvalue weighted by molar-refractivity contribution is -0.595. The Hall–Kier alpha value is -1.63. The third-order valence-electron chi connectivity index (χ3n) is 3.77. The van der Waals surface area contributed by atoms with Crippen LogP contribution in [0.4, 0.5) is 0 Å². The van der Waals surface area contributed by atoms with E-state index in [0.717, 1.165) is 0 Å². The summed E-state index contributed by atoms with van der Waals surface area (Å²) in [5.74, 6) is 0. The number of pyridine rings is 1. The van der Waals surface area contributed by atoms with E-state index in [4.69, 9.17) is 0 Å². The molecule has 1 nitrogen and oxygen atoms in total. The molecule has 2 rings (SSSR count). The highest BCUT2D eigenvalue weighted by Crippen LogP contribution is 2.09. The van der Waals surface area contributed by atoms with Crippen molar-refractivity contribution in [3.8, 4) is 5.69 Å². The van der Waals surface area contributed by atoms with Crippen LogP contribution in [-0.2, 0) is 6.42 Å². The predicted octanol–water partition coefficient (Wildman–Crippen LogP) is 4.87. The molecule has 106 valence electrons. The van der Waals surface area contributed by atoms with Gasteiger partial charge < -0.3 is 0 Å². The molecule has 0 aliphatic heterocycles. The summed E-state index contributed by atoms with van der Waals surface area (Å²) in [5.41, 5.74) is 2.67. The lowest BCUT2D eigenvalue weighted by atomic mass is 10.1. The summed E-state index contributed by atoms with van der Waals surface area (Å²) in [4.78, 5) is 0. The van der Waals surface area contributed by atoms with Crippen LogP contribution < -0.4 is 4.57 Å². The molecule has 0 amide bonds. The average molecular weight is 268 g/mol. The Balaban J connectivity index is 1.77. The van der Waals surface area contributed by atoms with Gasteiger partial charge in [-0.25, -0.2) is 0 Å². The van der Waals surface area contributed by atoms with E-state index in [1.165, 1.54) is 56.2 Å². The lowest BCUT2D eigenvalue weighted by Gasteiger charge is -2.01. The van der Waals surface area contributed by atoms with Gasteiger partial charge in [-0.1, -0.05) is 57.2 Å². The molecule has 0 fully saturated rings. The van der Waals surface area contributed by atoms with Crippen LogP contribution in [0.1, 0.15) is 51.0 Å². The Bertz CT molecular complexity index is 473. The molecule has 1 aromatic carbocycles. The van der Waals surface area contributed by atoms with E-state index in [9.17, 15) is 0 Å². The number of hydrogen-bond donors (Lipinski definition) is 0. The fourth-order valence-corrected chi connectivity index (χ4v) is 2.51. The molecular weight excluding hydrogens is 242 g/mol. The second-order valence-electron chi connectivity index (χ2n) is 5.47. The van der Waals surface area contributed by atoms with Crippen molar-refractivity contribution in [2.24, 2.45) is 0 Å².